The van der Waals surface area contributed by atoms with Gasteiger partial charge in [0.1, 0.15) is 0 Å². The largest absolute Gasteiger partial charge is 0.352 e. The maximum absolute atomic E-state index is 13.3. The van der Waals surface area contributed by atoms with Crippen molar-refractivity contribution in [3.63, 3.8) is 0 Å². The van der Waals surface area contributed by atoms with Crippen LogP contribution in [0.1, 0.15) is 31.6 Å². The van der Waals surface area contributed by atoms with Crippen LogP contribution in [0.25, 0.3) is 0 Å². The fourth-order valence-corrected chi connectivity index (χ4v) is 3.04. The van der Waals surface area contributed by atoms with E-state index in [4.69, 9.17) is 18.9 Å². The van der Waals surface area contributed by atoms with E-state index in [1.54, 1.807) is 0 Å². The van der Waals surface area contributed by atoms with Gasteiger partial charge in [0, 0.05) is 17.4 Å². The molecule has 0 aromatic heterocycles. The maximum Gasteiger partial charge on any atom is 0.183 e. The van der Waals surface area contributed by atoms with Crippen LogP contribution in [0.15, 0.2) is 30.4 Å². The van der Waals surface area contributed by atoms with Gasteiger partial charge in [0.25, 0.3) is 0 Å². The van der Waals surface area contributed by atoms with Gasteiger partial charge in [0.2, 0.25) is 0 Å². The fourth-order valence-electron chi connectivity index (χ4n) is 3.04. The zero-order valence-corrected chi connectivity index (χ0v) is 14.3. The van der Waals surface area contributed by atoms with E-state index in [0.29, 0.717) is 37.9 Å². The van der Waals surface area contributed by atoms with Gasteiger partial charge >= 0.3 is 0 Å². The van der Waals surface area contributed by atoms with Crippen molar-refractivity contribution < 1.29 is 27.7 Å². The predicted molar refractivity (Wildman–Crippen MR) is 87.7 cm³/mol. The molecule has 0 bridgehead atoms. The van der Waals surface area contributed by atoms with Crippen molar-refractivity contribution in [3.05, 3.63) is 47.5 Å². The lowest BCUT2D eigenvalue weighted by molar-refractivity contribution is -0.217. The highest BCUT2D eigenvalue weighted by atomic mass is 19.2. The first-order chi connectivity index (χ1) is 12.2. The van der Waals surface area contributed by atoms with Crippen molar-refractivity contribution in [2.75, 3.05) is 26.4 Å². The molecular formula is C19H24F2O4. The molecule has 4 nitrogen and oxygen atoms in total. The summed E-state index contributed by atoms with van der Waals surface area (Å²) in [7, 11) is 0. The first kappa shape index (κ1) is 18.5. The molecule has 0 saturated carbocycles. The van der Waals surface area contributed by atoms with Crippen LogP contribution in [0, 0.1) is 23.5 Å². The number of rotatable bonds is 5. The number of ether oxygens (including phenoxy) is 4. The molecule has 0 unspecified atom stereocenters. The van der Waals surface area contributed by atoms with Crippen molar-refractivity contribution >= 4 is 0 Å². The average molecular weight is 354 g/mol. The molecule has 0 amide bonds. The van der Waals surface area contributed by atoms with Crippen LogP contribution in [-0.2, 0) is 18.9 Å². The first-order valence-corrected chi connectivity index (χ1v) is 8.70. The van der Waals surface area contributed by atoms with Gasteiger partial charge in [-0.05, 0) is 31.9 Å². The quantitative estimate of drug-likeness (QED) is 0.750. The minimum absolute atomic E-state index is 0.176. The van der Waals surface area contributed by atoms with Gasteiger partial charge < -0.3 is 18.9 Å². The molecule has 2 fully saturated rings. The summed E-state index contributed by atoms with van der Waals surface area (Å²) in [6, 6.07) is 3.68. The SMILES string of the molecule is C/C=C/[C@H]1CO[C@H](CC[C@H]2CO[C@H](c3ccc(F)c(F)c3)OC2)OC1. The number of allylic oxidation sites excluding steroid dienone is 1. The average Bonchev–Trinajstić information content (AvgIpc) is 2.64. The van der Waals surface area contributed by atoms with Crippen LogP contribution in [0.5, 0.6) is 0 Å². The summed E-state index contributed by atoms with van der Waals surface area (Å²) in [6.45, 7) is 4.38. The Morgan fingerprint density at radius 2 is 1.68 bits per heavy atom. The molecule has 0 radical (unpaired) electrons. The van der Waals surface area contributed by atoms with Crippen LogP contribution in [0.4, 0.5) is 8.78 Å². The highest BCUT2D eigenvalue weighted by Crippen LogP contribution is 2.28. The third kappa shape index (κ3) is 5.07. The third-order valence-corrected chi connectivity index (χ3v) is 4.45. The summed E-state index contributed by atoms with van der Waals surface area (Å²) >= 11 is 0. The minimum atomic E-state index is -0.894. The van der Waals surface area contributed by atoms with E-state index in [1.165, 1.54) is 6.07 Å². The summed E-state index contributed by atoms with van der Waals surface area (Å²) in [6.07, 6.45) is 4.94. The molecular weight excluding hydrogens is 330 g/mol. The lowest BCUT2D eigenvalue weighted by atomic mass is 10.0. The molecule has 25 heavy (non-hydrogen) atoms. The zero-order valence-electron chi connectivity index (χ0n) is 14.3. The molecule has 2 aliphatic heterocycles. The molecule has 6 heteroatoms. The Balaban J connectivity index is 1.39. The number of benzene rings is 1. The van der Waals surface area contributed by atoms with Gasteiger partial charge in [-0.3, -0.25) is 0 Å². The molecule has 0 spiro atoms. The Bertz CT molecular complexity index is 577. The highest BCUT2D eigenvalue weighted by Gasteiger charge is 2.26. The van der Waals surface area contributed by atoms with Crippen LogP contribution < -0.4 is 0 Å². The summed E-state index contributed by atoms with van der Waals surface area (Å²) in [5.74, 6) is -1.20. The van der Waals surface area contributed by atoms with E-state index in [2.05, 4.69) is 6.08 Å². The van der Waals surface area contributed by atoms with Crippen molar-refractivity contribution in [1.29, 1.82) is 0 Å². The smallest absolute Gasteiger partial charge is 0.183 e. The van der Waals surface area contributed by atoms with E-state index in [-0.39, 0.29) is 12.2 Å². The van der Waals surface area contributed by atoms with E-state index >= 15 is 0 Å². The van der Waals surface area contributed by atoms with Crippen LogP contribution in [0.2, 0.25) is 0 Å². The molecule has 3 rings (SSSR count). The van der Waals surface area contributed by atoms with Gasteiger partial charge in [-0.15, -0.1) is 0 Å². The number of hydrogen-bond acceptors (Lipinski definition) is 4. The lowest BCUT2D eigenvalue weighted by Crippen LogP contribution is -2.33. The Kier molecular flexibility index (Phi) is 6.53. The molecule has 0 aliphatic carbocycles. The van der Waals surface area contributed by atoms with Gasteiger partial charge in [-0.25, -0.2) is 8.78 Å². The molecule has 138 valence electrons. The van der Waals surface area contributed by atoms with Crippen molar-refractivity contribution in [2.24, 2.45) is 11.8 Å². The lowest BCUT2D eigenvalue weighted by Gasteiger charge is -2.32. The number of hydrogen-bond donors (Lipinski definition) is 0. The highest BCUT2D eigenvalue weighted by molar-refractivity contribution is 5.19. The Labute approximate surface area is 146 Å². The zero-order chi connectivity index (χ0) is 17.6. The monoisotopic (exact) mass is 354 g/mol. The Hall–Kier alpha value is -1.34. The van der Waals surface area contributed by atoms with Gasteiger partial charge in [0.15, 0.2) is 24.2 Å². The van der Waals surface area contributed by atoms with E-state index in [9.17, 15) is 8.78 Å². The Morgan fingerprint density at radius 1 is 0.960 bits per heavy atom. The molecule has 0 N–H and O–H groups in total. The van der Waals surface area contributed by atoms with Crippen molar-refractivity contribution in [3.8, 4) is 0 Å². The third-order valence-electron chi connectivity index (χ3n) is 4.45. The predicted octanol–water partition coefficient (Wildman–Crippen LogP) is 3.97. The normalized spacial score (nSPS) is 30.7. The van der Waals surface area contributed by atoms with E-state index in [0.717, 1.165) is 25.0 Å². The Morgan fingerprint density at radius 3 is 2.32 bits per heavy atom. The van der Waals surface area contributed by atoms with E-state index in [1.807, 2.05) is 13.0 Å². The van der Waals surface area contributed by atoms with Crippen LogP contribution in [0.3, 0.4) is 0 Å². The molecule has 2 heterocycles. The second-order valence-corrected chi connectivity index (χ2v) is 6.50. The number of halogens is 2. The second kappa shape index (κ2) is 8.85. The van der Waals surface area contributed by atoms with Crippen LogP contribution in [-0.4, -0.2) is 32.7 Å². The van der Waals surface area contributed by atoms with Gasteiger partial charge in [0.05, 0.1) is 26.4 Å². The van der Waals surface area contributed by atoms with Crippen molar-refractivity contribution in [2.45, 2.75) is 32.3 Å². The molecule has 0 atom stereocenters. The first-order valence-electron chi connectivity index (χ1n) is 8.70. The maximum atomic E-state index is 13.3. The topological polar surface area (TPSA) is 36.9 Å². The van der Waals surface area contributed by atoms with Gasteiger partial charge in [-0.2, -0.15) is 0 Å². The minimum Gasteiger partial charge on any atom is -0.352 e. The second-order valence-electron chi connectivity index (χ2n) is 6.50. The summed E-state index contributed by atoms with van der Waals surface area (Å²) in [5, 5.41) is 0. The molecule has 2 saturated heterocycles. The fraction of sp³-hybridized carbons (Fsp3) is 0.579. The molecule has 1 aromatic carbocycles. The van der Waals surface area contributed by atoms with E-state index < -0.39 is 17.9 Å². The van der Waals surface area contributed by atoms with Gasteiger partial charge in [-0.1, -0.05) is 18.2 Å². The summed E-state index contributed by atoms with van der Waals surface area (Å²) in [5.41, 5.74) is 0.492. The van der Waals surface area contributed by atoms with Crippen molar-refractivity contribution in [1.82, 2.24) is 0 Å². The molecule has 2 aliphatic rings. The summed E-state index contributed by atoms with van der Waals surface area (Å²) < 4.78 is 49.0. The summed E-state index contributed by atoms with van der Waals surface area (Å²) in [4.78, 5) is 0. The van der Waals surface area contributed by atoms with Crippen LogP contribution >= 0.6 is 0 Å². The standard InChI is InChI=1S/C19H24F2O4/c1-2-3-13-9-22-18(23-10-13)7-4-14-11-24-19(25-12-14)15-5-6-16(20)17(21)8-15/h2-3,5-6,8,13-14,18-19H,4,7,9-12H2,1H3/b3-2+/t13-,14-,18-,19-. The molecule has 1 aromatic rings.